The molecule has 0 saturated heterocycles. The molecule has 5 saturated carbocycles. The predicted octanol–water partition coefficient (Wildman–Crippen LogP) is 8.88. The molecule has 1 heteroatoms. The van der Waals surface area contributed by atoms with Crippen LogP contribution in [-0.4, -0.2) is 6.04 Å². The number of fused-ring (bicyclic) bond motifs is 4. The molecule has 0 heterocycles. The van der Waals surface area contributed by atoms with Crippen LogP contribution in [0, 0.1) is 57.7 Å². The maximum atomic E-state index is 4.21. The molecule has 1 nitrogen and oxygen atoms in total. The molecule has 5 aliphatic carbocycles. The summed E-state index contributed by atoms with van der Waals surface area (Å²) in [7, 11) is 0. The van der Waals surface area contributed by atoms with Crippen LogP contribution in [0.15, 0.2) is 30.3 Å². The Morgan fingerprint density at radius 3 is 2.46 bits per heavy atom. The van der Waals surface area contributed by atoms with E-state index in [9.17, 15) is 0 Å². The van der Waals surface area contributed by atoms with Crippen LogP contribution in [-0.2, 0) is 6.54 Å². The first-order chi connectivity index (χ1) is 16.8. The Kier molecular flexibility index (Phi) is 6.22. The summed E-state index contributed by atoms with van der Waals surface area (Å²) in [6.07, 6.45) is 16.4. The molecule has 5 fully saturated rings. The fourth-order valence-corrected chi connectivity index (χ4v) is 11.5. The molecule has 0 unspecified atom stereocenters. The van der Waals surface area contributed by atoms with E-state index in [0.717, 1.165) is 54.0 Å². The Morgan fingerprint density at radius 1 is 0.914 bits per heavy atom. The van der Waals surface area contributed by atoms with Crippen LogP contribution < -0.4 is 5.32 Å². The molecule has 5 aliphatic rings. The molecule has 194 valence electrons. The van der Waals surface area contributed by atoms with Gasteiger partial charge < -0.3 is 5.32 Å². The average molecular weight is 476 g/mol. The zero-order valence-corrected chi connectivity index (χ0v) is 23.5. The van der Waals surface area contributed by atoms with Gasteiger partial charge in [-0.05, 0) is 115 Å². The largest absolute Gasteiger partial charge is 0.309 e. The minimum atomic E-state index is 0.594. The van der Waals surface area contributed by atoms with Crippen LogP contribution in [0.2, 0.25) is 0 Å². The van der Waals surface area contributed by atoms with Crippen molar-refractivity contribution in [1.29, 1.82) is 0 Å². The number of rotatable bonds is 8. The third-order valence-electron chi connectivity index (χ3n) is 13.2. The highest BCUT2D eigenvalue weighted by molar-refractivity contribution is 5.27. The molecule has 1 aromatic carbocycles. The number of benzene rings is 1. The minimum absolute atomic E-state index is 0.594. The predicted molar refractivity (Wildman–Crippen MR) is 148 cm³/mol. The Balaban J connectivity index is 1.22. The van der Waals surface area contributed by atoms with Crippen molar-refractivity contribution >= 4 is 0 Å². The van der Waals surface area contributed by atoms with Crippen molar-refractivity contribution in [3.05, 3.63) is 35.9 Å². The first-order valence-electron chi connectivity index (χ1n) is 15.6. The lowest BCUT2D eigenvalue weighted by Crippen LogP contribution is -2.59. The summed E-state index contributed by atoms with van der Waals surface area (Å²) in [4.78, 5) is 0. The lowest BCUT2D eigenvalue weighted by Gasteiger charge is -2.61. The van der Waals surface area contributed by atoms with Crippen LogP contribution >= 0.6 is 0 Å². The van der Waals surface area contributed by atoms with E-state index >= 15 is 0 Å². The third kappa shape index (κ3) is 3.72. The van der Waals surface area contributed by atoms with E-state index in [0.29, 0.717) is 16.2 Å². The topological polar surface area (TPSA) is 12.0 Å². The normalized spacial score (nSPS) is 46.6. The van der Waals surface area contributed by atoms with Crippen molar-refractivity contribution in [2.45, 2.75) is 118 Å². The van der Waals surface area contributed by atoms with Crippen molar-refractivity contribution < 1.29 is 0 Å². The molecule has 6 rings (SSSR count). The Labute approximate surface area is 216 Å². The molecule has 0 aromatic heterocycles. The Bertz CT molecular complexity index is 891. The Morgan fingerprint density at radius 2 is 1.71 bits per heavy atom. The fraction of sp³-hybridized carbons (Fsp3) is 0.824. The van der Waals surface area contributed by atoms with E-state index in [1.54, 1.807) is 0 Å². The van der Waals surface area contributed by atoms with Gasteiger partial charge in [0.25, 0.3) is 0 Å². The van der Waals surface area contributed by atoms with Gasteiger partial charge in [0.15, 0.2) is 0 Å². The highest BCUT2D eigenvalue weighted by Crippen LogP contribution is 2.81. The van der Waals surface area contributed by atoms with Gasteiger partial charge in [-0.2, -0.15) is 0 Å². The third-order valence-corrected chi connectivity index (χ3v) is 13.2. The van der Waals surface area contributed by atoms with E-state index < -0.39 is 0 Å². The summed E-state index contributed by atoms with van der Waals surface area (Å²) in [5, 5.41) is 4.21. The molecule has 0 aliphatic heterocycles. The number of hydrogen-bond donors (Lipinski definition) is 1. The van der Waals surface area contributed by atoms with Crippen molar-refractivity contribution in [2.24, 2.45) is 57.7 Å². The van der Waals surface area contributed by atoms with Gasteiger partial charge in [0.1, 0.15) is 0 Å². The molecule has 0 radical (unpaired) electrons. The quantitative estimate of drug-likeness (QED) is 0.396. The maximum Gasteiger partial charge on any atom is 0.0208 e. The van der Waals surface area contributed by atoms with Crippen molar-refractivity contribution in [1.82, 2.24) is 5.32 Å². The van der Waals surface area contributed by atoms with Crippen LogP contribution in [0.4, 0.5) is 0 Å². The molecule has 1 aromatic rings. The van der Waals surface area contributed by atoms with Crippen molar-refractivity contribution in [2.75, 3.05) is 0 Å². The molecule has 35 heavy (non-hydrogen) atoms. The first kappa shape index (κ1) is 24.5. The summed E-state index contributed by atoms with van der Waals surface area (Å²) >= 11 is 0. The molecule has 1 spiro atoms. The summed E-state index contributed by atoms with van der Waals surface area (Å²) in [5.74, 6) is 6.70. The van der Waals surface area contributed by atoms with Crippen LogP contribution in [0.3, 0.4) is 0 Å². The van der Waals surface area contributed by atoms with Gasteiger partial charge in [-0.1, -0.05) is 84.2 Å². The zero-order chi connectivity index (χ0) is 24.4. The fourth-order valence-electron chi connectivity index (χ4n) is 11.5. The number of nitrogens with one attached hydrogen (secondary N) is 1. The van der Waals surface area contributed by atoms with Crippen molar-refractivity contribution in [3.63, 3.8) is 0 Å². The molecular formula is C34H53N. The second-order valence-electron chi connectivity index (χ2n) is 15.0. The molecular weight excluding hydrogens is 422 g/mol. The van der Waals surface area contributed by atoms with Gasteiger partial charge in [-0.3, -0.25) is 0 Å². The van der Waals surface area contributed by atoms with Gasteiger partial charge in [0.05, 0.1) is 0 Å². The monoisotopic (exact) mass is 475 g/mol. The lowest BCUT2D eigenvalue weighted by atomic mass is 9.44. The van der Waals surface area contributed by atoms with Gasteiger partial charge in [0, 0.05) is 12.6 Å². The molecule has 10 atom stereocenters. The smallest absolute Gasteiger partial charge is 0.0208 e. The van der Waals surface area contributed by atoms with Gasteiger partial charge >= 0.3 is 0 Å². The summed E-state index contributed by atoms with van der Waals surface area (Å²) in [6, 6.07) is 11.9. The highest BCUT2D eigenvalue weighted by Gasteiger charge is 2.77. The standard InChI is InChI=1S/C34H53N/c1-23(2)10-9-11-24(3)28-14-15-29-27-20-31(35-22-25-12-7-6-8-13-25)34-21-26(34)16-19-33(34,5)30(27)17-18-32(28,29)4/h6-8,12-13,23-24,26-31,35H,9-11,14-22H2,1-5H3/t24-,26+,27-,28+,29-,30-,31+,32+,33+,34-/m0/s1. The van der Waals surface area contributed by atoms with Crippen molar-refractivity contribution in [3.8, 4) is 0 Å². The Hall–Kier alpha value is -0.820. The highest BCUT2D eigenvalue weighted by atomic mass is 15.0. The van der Waals surface area contributed by atoms with Crippen LogP contribution in [0.25, 0.3) is 0 Å². The lowest BCUT2D eigenvalue weighted by molar-refractivity contribution is -0.117. The summed E-state index contributed by atoms with van der Waals surface area (Å²) in [6.45, 7) is 14.0. The van der Waals surface area contributed by atoms with Crippen LogP contribution in [0.1, 0.15) is 111 Å². The van der Waals surface area contributed by atoms with Gasteiger partial charge in [0.2, 0.25) is 0 Å². The molecule has 0 bridgehead atoms. The van der Waals surface area contributed by atoms with Gasteiger partial charge in [-0.15, -0.1) is 0 Å². The first-order valence-corrected chi connectivity index (χ1v) is 15.6. The zero-order valence-electron chi connectivity index (χ0n) is 23.5. The van der Waals surface area contributed by atoms with E-state index in [1.807, 2.05) is 0 Å². The average Bonchev–Trinajstić information content (AvgIpc) is 3.34. The SMILES string of the molecule is CC(C)CCC[C@H](C)[C@H]1CC[C@H]2[C@@H]3C[C@@H](NCc4ccccc4)[C@]45C[C@H]4CC[C@]5(C)[C@H]3CC[C@]12C. The summed E-state index contributed by atoms with van der Waals surface area (Å²) in [5.41, 5.74) is 3.29. The maximum absolute atomic E-state index is 4.21. The second-order valence-corrected chi connectivity index (χ2v) is 15.0. The van der Waals surface area contributed by atoms with E-state index in [1.165, 1.54) is 76.2 Å². The van der Waals surface area contributed by atoms with Gasteiger partial charge in [-0.25, -0.2) is 0 Å². The summed E-state index contributed by atoms with van der Waals surface area (Å²) < 4.78 is 0. The van der Waals surface area contributed by atoms with E-state index in [4.69, 9.17) is 0 Å². The molecule has 1 N–H and O–H groups in total. The molecule has 0 amide bonds. The minimum Gasteiger partial charge on any atom is -0.309 e. The van der Waals surface area contributed by atoms with E-state index in [-0.39, 0.29) is 0 Å². The van der Waals surface area contributed by atoms with Crippen LogP contribution in [0.5, 0.6) is 0 Å². The van der Waals surface area contributed by atoms with E-state index in [2.05, 4.69) is 70.3 Å². The second kappa shape index (κ2) is 8.89. The number of hydrogen-bond acceptors (Lipinski definition) is 1.